The van der Waals surface area contributed by atoms with E-state index in [-0.39, 0.29) is 17.3 Å². The van der Waals surface area contributed by atoms with Crippen LogP contribution in [0.5, 0.6) is 0 Å². The van der Waals surface area contributed by atoms with E-state index in [9.17, 15) is 9.59 Å². The van der Waals surface area contributed by atoms with Gasteiger partial charge < -0.3 is 10.0 Å². The molecule has 0 saturated heterocycles. The molecule has 1 heterocycles. The van der Waals surface area contributed by atoms with Gasteiger partial charge in [0.2, 0.25) is 0 Å². The van der Waals surface area contributed by atoms with Gasteiger partial charge in [0.05, 0.1) is 12.1 Å². The van der Waals surface area contributed by atoms with Crippen LogP contribution in [-0.2, 0) is 4.79 Å². The summed E-state index contributed by atoms with van der Waals surface area (Å²) in [6.45, 7) is -0.579. The van der Waals surface area contributed by atoms with Crippen LogP contribution < -0.4 is 0 Å². The molecule has 0 aliphatic carbocycles. The number of rotatable bonds is 4. The molecule has 0 spiro atoms. The van der Waals surface area contributed by atoms with Crippen molar-refractivity contribution in [1.82, 2.24) is 9.88 Å². The minimum atomic E-state index is -1.14. The summed E-state index contributed by atoms with van der Waals surface area (Å²) in [7, 11) is 0. The number of aliphatic carboxylic acids is 1. The van der Waals surface area contributed by atoms with Gasteiger partial charge in [0.1, 0.15) is 11.7 Å². The van der Waals surface area contributed by atoms with Crippen LogP contribution in [0.3, 0.4) is 0 Å². The fraction of sp³-hybridized carbons (Fsp3) is 0.182. The maximum atomic E-state index is 11.9. The number of carboxylic acids is 1. The Balaban J connectivity index is 2.96. The summed E-state index contributed by atoms with van der Waals surface area (Å²) in [5, 5.41) is 8.68. The number of pyridine rings is 1. The van der Waals surface area contributed by atoms with Crippen LogP contribution in [0.15, 0.2) is 18.3 Å². The van der Waals surface area contributed by atoms with Gasteiger partial charge in [0, 0.05) is 6.20 Å². The summed E-state index contributed by atoms with van der Waals surface area (Å²) in [6.07, 6.45) is 6.51. The molecule has 0 aliphatic heterocycles. The smallest absolute Gasteiger partial charge is 0.323 e. The van der Waals surface area contributed by atoms with Crippen LogP contribution in [0.2, 0.25) is 5.15 Å². The van der Waals surface area contributed by atoms with Gasteiger partial charge in [-0.25, -0.2) is 4.98 Å². The van der Waals surface area contributed by atoms with E-state index < -0.39 is 18.4 Å². The predicted octanol–water partition coefficient (Wildman–Crippen LogP) is 0.895. The van der Waals surface area contributed by atoms with Crippen molar-refractivity contribution in [3.05, 3.63) is 29.0 Å². The van der Waals surface area contributed by atoms with Gasteiger partial charge in [-0.2, -0.15) is 0 Å². The van der Waals surface area contributed by atoms with Crippen molar-refractivity contribution in [2.75, 3.05) is 13.1 Å². The number of terminal acetylenes is 1. The first-order valence-electron chi connectivity index (χ1n) is 4.61. The van der Waals surface area contributed by atoms with E-state index in [4.69, 9.17) is 23.1 Å². The first-order chi connectivity index (χ1) is 8.06. The molecule has 1 rings (SSSR count). The van der Waals surface area contributed by atoms with Gasteiger partial charge in [-0.05, 0) is 12.1 Å². The fourth-order valence-corrected chi connectivity index (χ4v) is 1.39. The van der Waals surface area contributed by atoms with Crippen LogP contribution in [0.4, 0.5) is 0 Å². The average molecular weight is 253 g/mol. The number of carboxylic acid groups (broad SMARTS) is 1. The Bertz CT molecular complexity index is 482. The van der Waals surface area contributed by atoms with E-state index >= 15 is 0 Å². The van der Waals surface area contributed by atoms with Crippen LogP contribution in [-0.4, -0.2) is 40.0 Å². The summed E-state index contributed by atoms with van der Waals surface area (Å²) in [6, 6.07) is 3.00. The van der Waals surface area contributed by atoms with Gasteiger partial charge in [0.25, 0.3) is 5.91 Å². The topological polar surface area (TPSA) is 70.5 Å². The molecule has 88 valence electrons. The molecular weight excluding hydrogens is 244 g/mol. The summed E-state index contributed by atoms with van der Waals surface area (Å²) in [5.74, 6) is 0.524. The summed E-state index contributed by atoms with van der Waals surface area (Å²) in [4.78, 5) is 27.3. The van der Waals surface area contributed by atoms with E-state index in [1.165, 1.54) is 18.3 Å². The van der Waals surface area contributed by atoms with E-state index in [0.717, 1.165) is 4.90 Å². The lowest BCUT2D eigenvalue weighted by Crippen LogP contribution is -2.36. The Morgan fingerprint density at radius 3 is 2.82 bits per heavy atom. The number of hydrogen-bond acceptors (Lipinski definition) is 3. The number of aromatic nitrogens is 1. The molecule has 1 N–H and O–H groups in total. The molecule has 0 bridgehead atoms. The summed E-state index contributed by atoms with van der Waals surface area (Å²) in [5.41, 5.74) is 0.130. The highest BCUT2D eigenvalue weighted by Gasteiger charge is 2.20. The van der Waals surface area contributed by atoms with Crippen LogP contribution in [0.1, 0.15) is 10.4 Å². The maximum Gasteiger partial charge on any atom is 0.323 e. The second kappa shape index (κ2) is 5.87. The van der Waals surface area contributed by atoms with Gasteiger partial charge in [-0.1, -0.05) is 17.5 Å². The molecule has 0 radical (unpaired) electrons. The lowest BCUT2D eigenvalue weighted by molar-refractivity contribution is -0.137. The Kier molecular flexibility index (Phi) is 4.49. The average Bonchev–Trinajstić information content (AvgIpc) is 2.28. The van der Waals surface area contributed by atoms with Gasteiger partial charge >= 0.3 is 5.97 Å². The zero-order valence-electron chi connectivity index (χ0n) is 8.76. The molecule has 0 unspecified atom stereocenters. The van der Waals surface area contributed by atoms with E-state index in [1.807, 2.05) is 0 Å². The fourth-order valence-electron chi connectivity index (χ4n) is 1.19. The highest BCUT2D eigenvalue weighted by atomic mass is 35.5. The largest absolute Gasteiger partial charge is 0.480 e. The molecule has 17 heavy (non-hydrogen) atoms. The molecule has 1 amide bonds. The molecular formula is C11H9ClN2O3. The standard InChI is InChI=1S/C11H9ClN2O3/c1-2-6-14(7-9(15)16)11(17)8-4-3-5-13-10(8)12/h1,3-5H,6-7H2,(H,15,16). The van der Waals surface area contributed by atoms with E-state index in [0.29, 0.717) is 0 Å². The molecule has 1 aromatic heterocycles. The molecule has 0 aliphatic rings. The highest BCUT2D eigenvalue weighted by Crippen LogP contribution is 2.13. The zero-order chi connectivity index (χ0) is 12.8. The minimum absolute atomic E-state index is 0.0184. The van der Waals surface area contributed by atoms with Crippen molar-refractivity contribution in [1.29, 1.82) is 0 Å². The first kappa shape index (κ1) is 13.0. The number of hydrogen-bond donors (Lipinski definition) is 1. The van der Waals surface area contributed by atoms with Crippen LogP contribution >= 0.6 is 11.6 Å². The number of carbonyl (C=O) groups is 2. The Morgan fingerprint density at radius 1 is 1.59 bits per heavy atom. The van der Waals surface area contributed by atoms with Crippen molar-refractivity contribution in [3.63, 3.8) is 0 Å². The molecule has 0 saturated carbocycles. The summed E-state index contributed by atoms with van der Waals surface area (Å²) < 4.78 is 0. The van der Waals surface area contributed by atoms with Crippen molar-refractivity contribution in [2.24, 2.45) is 0 Å². The number of amides is 1. The molecule has 5 nitrogen and oxygen atoms in total. The minimum Gasteiger partial charge on any atom is -0.480 e. The monoisotopic (exact) mass is 252 g/mol. The molecule has 0 aromatic carbocycles. The molecule has 0 atom stereocenters. The van der Waals surface area contributed by atoms with Crippen molar-refractivity contribution in [3.8, 4) is 12.3 Å². The second-order valence-corrected chi connectivity index (χ2v) is 3.46. The lowest BCUT2D eigenvalue weighted by atomic mass is 10.2. The van der Waals surface area contributed by atoms with Crippen molar-refractivity contribution < 1.29 is 14.7 Å². The molecule has 6 heteroatoms. The third kappa shape index (κ3) is 3.47. The van der Waals surface area contributed by atoms with Crippen molar-refractivity contribution >= 4 is 23.5 Å². The zero-order valence-corrected chi connectivity index (χ0v) is 9.52. The summed E-state index contributed by atoms with van der Waals surface area (Å²) >= 11 is 5.74. The van der Waals surface area contributed by atoms with Crippen molar-refractivity contribution in [2.45, 2.75) is 0 Å². The predicted molar refractivity (Wildman–Crippen MR) is 61.6 cm³/mol. The number of nitrogens with zero attached hydrogens (tertiary/aromatic N) is 2. The van der Waals surface area contributed by atoms with E-state index in [2.05, 4.69) is 10.9 Å². The Morgan fingerprint density at radius 2 is 2.29 bits per heavy atom. The van der Waals surface area contributed by atoms with Crippen LogP contribution in [0.25, 0.3) is 0 Å². The quantitative estimate of drug-likeness (QED) is 0.638. The highest BCUT2D eigenvalue weighted by molar-refractivity contribution is 6.32. The van der Waals surface area contributed by atoms with Gasteiger partial charge in [-0.3, -0.25) is 9.59 Å². The lowest BCUT2D eigenvalue weighted by Gasteiger charge is -2.18. The van der Waals surface area contributed by atoms with Crippen LogP contribution in [0, 0.1) is 12.3 Å². The number of halogens is 1. The van der Waals surface area contributed by atoms with E-state index in [1.54, 1.807) is 0 Å². The normalized spacial score (nSPS) is 9.41. The second-order valence-electron chi connectivity index (χ2n) is 3.10. The number of carbonyl (C=O) groups excluding carboxylic acids is 1. The first-order valence-corrected chi connectivity index (χ1v) is 4.99. The maximum absolute atomic E-state index is 11.9. The third-order valence-corrected chi connectivity index (χ3v) is 2.19. The molecule has 1 aromatic rings. The third-order valence-electron chi connectivity index (χ3n) is 1.88. The Labute approximate surface area is 103 Å². The SMILES string of the molecule is C#CCN(CC(=O)O)C(=O)c1cccnc1Cl. The van der Waals surface area contributed by atoms with Gasteiger partial charge in [-0.15, -0.1) is 6.42 Å². The van der Waals surface area contributed by atoms with Gasteiger partial charge in [0.15, 0.2) is 0 Å². The molecule has 0 fully saturated rings. The Hall–Kier alpha value is -2.06.